The molecule has 0 spiro atoms. The van der Waals surface area contributed by atoms with Gasteiger partial charge in [-0.25, -0.2) is 0 Å². The summed E-state index contributed by atoms with van der Waals surface area (Å²) in [5.74, 6) is 0.707. The Morgan fingerprint density at radius 3 is 2.81 bits per heavy atom. The van der Waals surface area contributed by atoms with E-state index in [1.165, 1.54) is 18.5 Å². The monoisotopic (exact) mass is 220 g/mol. The van der Waals surface area contributed by atoms with Gasteiger partial charge in [0.15, 0.2) is 0 Å². The highest BCUT2D eigenvalue weighted by atomic mass is 16.5. The van der Waals surface area contributed by atoms with E-state index in [2.05, 4.69) is 17.0 Å². The van der Waals surface area contributed by atoms with Gasteiger partial charge in [0, 0.05) is 25.9 Å². The van der Waals surface area contributed by atoms with Crippen LogP contribution in [-0.4, -0.2) is 31.7 Å². The van der Waals surface area contributed by atoms with Gasteiger partial charge in [0.05, 0.1) is 6.61 Å². The van der Waals surface area contributed by atoms with E-state index in [0.717, 1.165) is 25.4 Å². The Morgan fingerprint density at radius 2 is 2.12 bits per heavy atom. The molecule has 0 radical (unpaired) electrons. The number of hydrogen-bond donors (Lipinski definition) is 1. The number of benzene rings is 1. The molecule has 0 aliphatic carbocycles. The van der Waals surface area contributed by atoms with Gasteiger partial charge in [0.25, 0.3) is 0 Å². The smallest absolute Gasteiger partial charge is 0.0503 e. The Morgan fingerprint density at radius 1 is 1.38 bits per heavy atom. The van der Waals surface area contributed by atoms with Gasteiger partial charge < -0.3 is 10.5 Å². The molecule has 0 amide bonds. The highest BCUT2D eigenvalue weighted by Gasteiger charge is 2.21. The minimum Gasteiger partial charge on any atom is -0.399 e. The van der Waals surface area contributed by atoms with Crippen molar-refractivity contribution in [3.05, 3.63) is 29.8 Å². The molecule has 2 rings (SSSR count). The Balaban J connectivity index is 1.84. The molecule has 0 saturated carbocycles. The number of ether oxygens (including phenoxy) is 1. The minimum atomic E-state index is 0.707. The van der Waals surface area contributed by atoms with Gasteiger partial charge in [-0.15, -0.1) is 0 Å². The van der Waals surface area contributed by atoms with Crippen molar-refractivity contribution in [2.24, 2.45) is 5.92 Å². The molecule has 1 aromatic rings. The zero-order chi connectivity index (χ0) is 11.4. The summed E-state index contributed by atoms with van der Waals surface area (Å²) in [7, 11) is 1.78. The van der Waals surface area contributed by atoms with Gasteiger partial charge >= 0.3 is 0 Å². The SMILES string of the molecule is COCC1CCN(Cc2ccc(N)cc2)C1. The van der Waals surface area contributed by atoms with Crippen molar-refractivity contribution in [2.45, 2.75) is 13.0 Å². The Hall–Kier alpha value is -1.06. The predicted molar refractivity (Wildman–Crippen MR) is 66.1 cm³/mol. The van der Waals surface area contributed by atoms with Crippen molar-refractivity contribution in [1.82, 2.24) is 4.90 Å². The van der Waals surface area contributed by atoms with Gasteiger partial charge in [0.2, 0.25) is 0 Å². The first-order chi connectivity index (χ1) is 7.78. The molecule has 3 heteroatoms. The lowest BCUT2D eigenvalue weighted by Crippen LogP contribution is -2.21. The molecular weight excluding hydrogens is 200 g/mol. The fourth-order valence-corrected chi connectivity index (χ4v) is 2.31. The fraction of sp³-hybridized carbons (Fsp3) is 0.538. The minimum absolute atomic E-state index is 0.707. The van der Waals surface area contributed by atoms with Crippen LogP contribution >= 0.6 is 0 Å². The van der Waals surface area contributed by atoms with E-state index in [9.17, 15) is 0 Å². The first-order valence-electron chi connectivity index (χ1n) is 5.83. The van der Waals surface area contributed by atoms with E-state index in [-0.39, 0.29) is 0 Å². The van der Waals surface area contributed by atoms with Gasteiger partial charge in [-0.1, -0.05) is 12.1 Å². The van der Waals surface area contributed by atoms with Crippen molar-refractivity contribution in [1.29, 1.82) is 0 Å². The zero-order valence-electron chi connectivity index (χ0n) is 9.86. The normalized spacial score (nSPS) is 21.4. The summed E-state index contributed by atoms with van der Waals surface area (Å²) in [5, 5.41) is 0. The summed E-state index contributed by atoms with van der Waals surface area (Å²) in [4.78, 5) is 2.48. The maximum atomic E-state index is 5.67. The van der Waals surface area contributed by atoms with E-state index in [0.29, 0.717) is 5.92 Å². The van der Waals surface area contributed by atoms with E-state index >= 15 is 0 Å². The second-order valence-electron chi connectivity index (χ2n) is 4.59. The van der Waals surface area contributed by atoms with Crippen molar-refractivity contribution in [3.63, 3.8) is 0 Å². The molecule has 1 aliphatic rings. The van der Waals surface area contributed by atoms with Crippen molar-refractivity contribution >= 4 is 5.69 Å². The van der Waals surface area contributed by atoms with Gasteiger partial charge in [-0.05, 0) is 36.6 Å². The van der Waals surface area contributed by atoms with Gasteiger partial charge in [0.1, 0.15) is 0 Å². The van der Waals surface area contributed by atoms with Crippen LogP contribution in [0, 0.1) is 5.92 Å². The van der Waals surface area contributed by atoms with Crippen molar-refractivity contribution in [3.8, 4) is 0 Å². The second kappa shape index (κ2) is 5.32. The molecule has 1 unspecified atom stereocenters. The van der Waals surface area contributed by atoms with Crippen LogP contribution in [0.3, 0.4) is 0 Å². The number of nitrogens with zero attached hydrogens (tertiary/aromatic N) is 1. The molecule has 0 bridgehead atoms. The highest BCUT2D eigenvalue weighted by Crippen LogP contribution is 2.19. The molecular formula is C13H20N2O. The lowest BCUT2D eigenvalue weighted by Gasteiger charge is -2.15. The maximum Gasteiger partial charge on any atom is 0.0503 e. The third kappa shape index (κ3) is 2.97. The predicted octanol–water partition coefficient (Wildman–Crippen LogP) is 1.74. The average molecular weight is 220 g/mol. The van der Waals surface area contributed by atoms with Gasteiger partial charge in [-0.3, -0.25) is 4.90 Å². The molecule has 88 valence electrons. The number of nitrogens with two attached hydrogens (primary N) is 1. The van der Waals surface area contributed by atoms with E-state index < -0.39 is 0 Å². The van der Waals surface area contributed by atoms with Crippen LogP contribution < -0.4 is 5.73 Å². The average Bonchev–Trinajstić information content (AvgIpc) is 2.70. The van der Waals surface area contributed by atoms with E-state index in [1.54, 1.807) is 7.11 Å². The third-order valence-electron chi connectivity index (χ3n) is 3.16. The highest BCUT2D eigenvalue weighted by molar-refractivity contribution is 5.39. The topological polar surface area (TPSA) is 38.5 Å². The largest absolute Gasteiger partial charge is 0.399 e. The van der Waals surface area contributed by atoms with E-state index in [1.807, 2.05) is 12.1 Å². The van der Waals surface area contributed by atoms with Crippen LogP contribution in [0.1, 0.15) is 12.0 Å². The number of rotatable bonds is 4. The molecule has 1 heterocycles. The Labute approximate surface area is 97.2 Å². The summed E-state index contributed by atoms with van der Waals surface area (Å²) in [6.45, 7) is 4.25. The molecule has 1 aliphatic heterocycles. The summed E-state index contributed by atoms with van der Waals surface area (Å²) < 4.78 is 5.20. The maximum absolute atomic E-state index is 5.67. The number of anilines is 1. The van der Waals surface area contributed by atoms with Crippen molar-refractivity contribution in [2.75, 3.05) is 32.5 Å². The molecule has 1 saturated heterocycles. The summed E-state index contributed by atoms with van der Waals surface area (Å²) in [5.41, 5.74) is 7.84. The van der Waals surface area contributed by atoms with Crippen LogP contribution in [0.2, 0.25) is 0 Å². The lowest BCUT2D eigenvalue weighted by atomic mass is 10.1. The quantitative estimate of drug-likeness (QED) is 0.785. The second-order valence-corrected chi connectivity index (χ2v) is 4.59. The zero-order valence-corrected chi connectivity index (χ0v) is 9.86. The summed E-state index contributed by atoms with van der Waals surface area (Å²) >= 11 is 0. The molecule has 1 atom stereocenters. The van der Waals surface area contributed by atoms with Crippen LogP contribution in [0.4, 0.5) is 5.69 Å². The summed E-state index contributed by atoms with van der Waals surface area (Å²) in [6, 6.07) is 8.16. The molecule has 1 fully saturated rings. The third-order valence-corrected chi connectivity index (χ3v) is 3.16. The summed E-state index contributed by atoms with van der Waals surface area (Å²) in [6.07, 6.45) is 1.25. The lowest BCUT2D eigenvalue weighted by molar-refractivity contribution is 0.152. The molecule has 0 aromatic heterocycles. The number of likely N-dealkylation sites (tertiary alicyclic amines) is 1. The van der Waals surface area contributed by atoms with Crippen LogP contribution in [0.5, 0.6) is 0 Å². The Bertz CT molecular complexity index is 323. The van der Waals surface area contributed by atoms with Crippen LogP contribution in [-0.2, 0) is 11.3 Å². The van der Waals surface area contributed by atoms with E-state index in [4.69, 9.17) is 10.5 Å². The Kier molecular flexibility index (Phi) is 3.80. The molecule has 16 heavy (non-hydrogen) atoms. The van der Waals surface area contributed by atoms with Crippen LogP contribution in [0.15, 0.2) is 24.3 Å². The first-order valence-corrected chi connectivity index (χ1v) is 5.83. The molecule has 1 aromatic carbocycles. The van der Waals surface area contributed by atoms with Crippen LogP contribution in [0.25, 0.3) is 0 Å². The fourth-order valence-electron chi connectivity index (χ4n) is 2.31. The first kappa shape index (κ1) is 11.4. The standard InChI is InChI=1S/C13H20N2O/c1-16-10-12-6-7-15(9-12)8-11-2-4-13(14)5-3-11/h2-5,12H,6-10,14H2,1H3. The molecule has 3 nitrogen and oxygen atoms in total. The van der Waals surface area contributed by atoms with Gasteiger partial charge in [-0.2, -0.15) is 0 Å². The van der Waals surface area contributed by atoms with Crippen molar-refractivity contribution < 1.29 is 4.74 Å². The number of hydrogen-bond acceptors (Lipinski definition) is 3. The number of nitrogen functional groups attached to an aromatic ring is 1. The molecule has 2 N–H and O–H groups in total. The number of methoxy groups -OCH3 is 1.